The molecule has 1 aromatic heterocycles. The summed E-state index contributed by atoms with van der Waals surface area (Å²) in [6, 6.07) is 20.7. The largest absolute Gasteiger partial charge is 0.349 e. The number of nitrogens with one attached hydrogen (secondary N) is 5. The van der Waals surface area contributed by atoms with Crippen molar-refractivity contribution in [1.29, 1.82) is 0 Å². The number of aryl methyl sites for hydroxylation is 2. The minimum absolute atomic E-state index is 0.0402. The molecule has 2 aliphatic rings. The Hall–Kier alpha value is -4.87. The number of aromatic nitrogens is 3. The minimum Gasteiger partial charge on any atom is -0.349 e. The molecule has 3 aromatic carbocycles. The standard InChI is InChI=1S/C39H48N8O3/c1-24-21-31(38(49)43-33-17-19-41-20-18-33)13-16-34(24)28-7-3-26(4-8-28)22-35(45-37(48)30-9-5-27(23-40)6-10-30)39(50)44-32-14-11-29(12-15-32)36-42-25(2)46-47-36/h3-4,7-8,11-16,21,27,30,33,35,41H,5-6,9-10,17-20,22-23,40H2,1-2H3,(H,43,49)(H,44,50)(H,45,48)(H,42,46,47)/t27-,30-,35-/m0/s1. The fourth-order valence-electron chi connectivity index (χ4n) is 7.00. The monoisotopic (exact) mass is 676 g/mol. The minimum atomic E-state index is -0.767. The molecule has 0 bridgehead atoms. The highest BCUT2D eigenvalue weighted by atomic mass is 16.2. The molecule has 1 saturated carbocycles. The molecule has 6 rings (SSSR count). The predicted molar refractivity (Wildman–Crippen MR) is 195 cm³/mol. The average molecular weight is 677 g/mol. The number of nitrogens with zero attached hydrogens (tertiary/aromatic N) is 2. The third kappa shape index (κ3) is 8.83. The van der Waals surface area contributed by atoms with Gasteiger partial charge in [-0.05, 0) is 137 Å². The summed E-state index contributed by atoms with van der Waals surface area (Å²) in [7, 11) is 0. The predicted octanol–water partition coefficient (Wildman–Crippen LogP) is 4.67. The van der Waals surface area contributed by atoms with Crippen LogP contribution >= 0.6 is 0 Å². The lowest BCUT2D eigenvalue weighted by atomic mass is 9.81. The second kappa shape index (κ2) is 16.2. The van der Waals surface area contributed by atoms with Gasteiger partial charge in [0.05, 0.1) is 0 Å². The number of rotatable bonds is 11. The van der Waals surface area contributed by atoms with Gasteiger partial charge in [-0.2, -0.15) is 0 Å². The van der Waals surface area contributed by atoms with Gasteiger partial charge in [0, 0.05) is 35.2 Å². The van der Waals surface area contributed by atoms with E-state index >= 15 is 0 Å². The van der Waals surface area contributed by atoms with Crippen molar-refractivity contribution in [3.05, 3.63) is 89.2 Å². The van der Waals surface area contributed by atoms with E-state index in [1.165, 1.54) is 0 Å². The van der Waals surface area contributed by atoms with E-state index in [1.54, 1.807) is 0 Å². The SMILES string of the molecule is Cc1nnc(-c2ccc(NC(=O)[C@H](Cc3ccc(-c4ccc(C(=O)NC5CCNCC5)cc4C)cc3)NC(=O)[C@H]3CC[C@H](CN)CC3)cc2)[nH]1. The van der Waals surface area contributed by atoms with Gasteiger partial charge in [-0.1, -0.05) is 30.3 Å². The number of benzene rings is 3. The molecule has 1 aliphatic heterocycles. The smallest absolute Gasteiger partial charge is 0.251 e. The average Bonchev–Trinajstić information content (AvgIpc) is 3.58. The quantitative estimate of drug-likeness (QED) is 0.134. The summed E-state index contributed by atoms with van der Waals surface area (Å²) in [5, 5.41) is 20.7. The normalized spacial score (nSPS) is 18.6. The summed E-state index contributed by atoms with van der Waals surface area (Å²) in [6.45, 7) is 6.34. The topological polar surface area (TPSA) is 167 Å². The summed E-state index contributed by atoms with van der Waals surface area (Å²) in [5.41, 5.74) is 12.0. The molecule has 1 saturated heterocycles. The molecule has 1 aliphatic carbocycles. The Kier molecular flexibility index (Phi) is 11.3. The molecule has 2 fully saturated rings. The molecule has 0 radical (unpaired) electrons. The van der Waals surface area contributed by atoms with Crippen LogP contribution in [0.5, 0.6) is 0 Å². The number of aromatic amines is 1. The van der Waals surface area contributed by atoms with Gasteiger partial charge in [-0.3, -0.25) is 14.4 Å². The molecule has 11 nitrogen and oxygen atoms in total. The van der Waals surface area contributed by atoms with Gasteiger partial charge in [0.15, 0.2) is 5.82 Å². The summed E-state index contributed by atoms with van der Waals surface area (Å²) >= 11 is 0. The van der Waals surface area contributed by atoms with E-state index in [0.717, 1.165) is 85.3 Å². The second-order valence-corrected chi connectivity index (χ2v) is 13.8. The van der Waals surface area contributed by atoms with Crippen molar-refractivity contribution in [2.24, 2.45) is 17.6 Å². The number of hydrogen-bond donors (Lipinski definition) is 6. The molecular weight excluding hydrogens is 628 g/mol. The second-order valence-electron chi connectivity index (χ2n) is 13.8. The Labute approximate surface area is 293 Å². The van der Waals surface area contributed by atoms with Gasteiger partial charge in [-0.25, -0.2) is 0 Å². The molecule has 0 unspecified atom stereocenters. The highest BCUT2D eigenvalue weighted by Gasteiger charge is 2.29. The van der Waals surface area contributed by atoms with Crippen LogP contribution in [-0.2, 0) is 16.0 Å². The number of H-pyrrole nitrogens is 1. The fraction of sp³-hybridized carbons (Fsp3) is 0.410. The molecule has 3 amide bonds. The molecule has 2 heterocycles. The van der Waals surface area contributed by atoms with Gasteiger partial charge in [0.2, 0.25) is 11.8 Å². The number of carbonyl (C=O) groups is 3. The zero-order valence-electron chi connectivity index (χ0n) is 28.9. The zero-order valence-corrected chi connectivity index (χ0v) is 28.9. The molecule has 262 valence electrons. The van der Waals surface area contributed by atoms with Crippen LogP contribution in [0.25, 0.3) is 22.5 Å². The van der Waals surface area contributed by atoms with Crippen LogP contribution in [0.1, 0.15) is 65.8 Å². The molecule has 0 spiro atoms. The number of hydrogen-bond acceptors (Lipinski definition) is 7. The maximum atomic E-state index is 13.7. The van der Waals surface area contributed by atoms with E-state index in [-0.39, 0.29) is 29.7 Å². The highest BCUT2D eigenvalue weighted by molar-refractivity contribution is 5.98. The summed E-state index contributed by atoms with van der Waals surface area (Å²) in [5.74, 6) is 1.29. The van der Waals surface area contributed by atoms with Crippen molar-refractivity contribution in [3.63, 3.8) is 0 Å². The molecule has 11 heteroatoms. The van der Waals surface area contributed by atoms with Gasteiger partial charge in [0.25, 0.3) is 5.91 Å². The Bertz CT molecular complexity index is 1770. The Morgan fingerprint density at radius 2 is 1.56 bits per heavy atom. The maximum Gasteiger partial charge on any atom is 0.251 e. The van der Waals surface area contributed by atoms with Gasteiger partial charge < -0.3 is 32.0 Å². The fourth-order valence-corrected chi connectivity index (χ4v) is 7.00. The number of amides is 3. The maximum absolute atomic E-state index is 13.7. The molecule has 7 N–H and O–H groups in total. The Balaban J connectivity index is 1.14. The van der Waals surface area contributed by atoms with Crippen molar-refractivity contribution in [2.45, 2.75) is 70.9 Å². The molecule has 50 heavy (non-hydrogen) atoms. The molecular formula is C39H48N8O3. The van der Waals surface area contributed by atoms with E-state index in [1.807, 2.05) is 80.6 Å². The highest BCUT2D eigenvalue weighted by Crippen LogP contribution is 2.29. The first-order chi connectivity index (χ1) is 24.2. The van der Waals surface area contributed by atoms with Crippen LogP contribution in [0, 0.1) is 25.7 Å². The lowest BCUT2D eigenvalue weighted by Gasteiger charge is -2.28. The van der Waals surface area contributed by atoms with E-state index in [4.69, 9.17) is 5.73 Å². The van der Waals surface area contributed by atoms with Crippen LogP contribution < -0.4 is 27.0 Å². The van der Waals surface area contributed by atoms with E-state index in [2.05, 4.69) is 36.4 Å². The first-order valence-corrected chi connectivity index (χ1v) is 17.8. The number of carbonyl (C=O) groups excluding carboxylic acids is 3. The Morgan fingerprint density at radius 1 is 0.860 bits per heavy atom. The van der Waals surface area contributed by atoms with Crippen LogP contribution in [-0.4, -0.2) is 64.6 Å². The van der Waals surface area contributed by atoms with Gasteiger partial charge >= 0.3 is 0 Å². The van der Waals surface area contributed by atoms with Crippen molar-refractivity contribution in [1.82, 2.24) is 31.1 Å². The van der Waals surface area contributed by atoms with Crippen LogP contribution in [0.2, 0.25) is 0 Å². The Morgan fingerprint density at radius 3 is 2.20 bits per heavy atom. The van der Waals surface area contributed by atoms with Crippen molar-refractivity contribution in [2.75, 3.05) is 25.0 Å². The third-order valence-corrected chi connectivity index (χ3v) is 10.1. The van der Waals surface area contributed by atoms with Gasteiger partial charge in [-0.15, -0.1) is 10.2 Å². The number of anilines is 1. The van der Waals surface area contributed by atoms with Crippen LogP contribution in [0.4, 0.5) is 5.69 Å². The number of piperidine rings is 1. The third-order valence-electron chi connectivity index (χ3n) is 10.1. The summed E-state index contributed by atoms with van der Waals surface area (Å²) in [4.78, 5) is 43.2. The first kappa shape index (κ1) is 35.0. The first-order valence-electron chi connectivity index (χ1n) is 17.8. The van der Waals surface area contributed by atoms with E-state index in [0.29, 0.717) is 36.0 Å². The zero-order chi connectivity index (χ0) is 35.0. The molecule has 1 atom stereocenters. The van der Waals surface area contributed by atoms with Gasteiger partial charge in [0.1, 0.15) is 11.9 Å². The van der Waals surface area contributed by atoms with Crippen molar-refractivity contribution < 1.29 is 14.4 Å². The summed E-state index contributed by atoms with van der Waals surface area (Å²) < 4.78 is 0. The van der Waals surface area contributed by atoms with Crippen molar-refractivity contribution in [3.8, 4) is 22.5 Å². The van der Waals surface area contributed by atoms with Crippen molar-refractivity contribution >= 4 is 23.4 Å². The summed E-state index contributed by atoms with van der Waals surface area (Å²) in [6.07, 6.45) is 5.61. The van der Waals surface area contributed by atoms with Crippen LogP contribution in [0.15, 0.2) is 66.7 Å². The van der Waals surface area contributed by atoms with E-state index < -0.39 is 6.04 Å². The molecule has 4 aromatic rings. The number of nitrogens with two attached hydrogens (primary N) is 1. The van der Waals surface area contributed by atoms with E-state index in [9.17, 15) is 14.4 Å². The lowest BCUT2D eigenvalue weighted by molar-refractivity contribution is -0.130. The lowest BCUT2D eigenvalue weighted by Crippen LogP contribution is -2.48. The van der Waals surface area contributed by atoms with Crippen LogP contribution in [0.3, 0.4) is 0 Å².